The Hall–Kier alpha value is -1.44. The van der Waals surface area contributed by atoms with Crippen LogP contribution in [0.25, 0.3) is 0 Å². The molecule has 2 nitrogen and oxygen atoms in total. The molecule has 0 N–H and O–H groups in total. The van der Waals surface area contributed by atoms with E-state index in [9.17, 15) is 0 Å². The zero-order chi connectivity index (χ0) is 9.10. The van der Waals surface area contributed by atoms with Gasteiger partial charge in [0, 0.05) is 12.2 Å². The highest BCUT2D eigenvalue weighted by Crippen LogP contribution is 2.16. The summed E-state index contributed by atoms with van der Waals surface area (Å²) in [4.78, 5) is 2.19. The van der Waals surface area contributed by atoms with Crippen molar-refractivity contribution in [3.05, 3.63) is 42.2 Å². The predicted octanol–water partition coefficient (Wildman–Crippen LogP) is 2.38. The van der Waals surface area contributed by atoms with E-state index in [1.165, 1.54) is 5.69 Å². The van der Waals surface area contributed by atoms with Crippen LogP contribution in [0.2, 0.25) is 0 Å². The zero-order valence-corrected chi connectivity index (χ0v) is 7.73. The second kappa shape index (κ2) is 3.52. The van der Waals surface area contributed by atoms with E-state index in [1.54, 1.807) is 0 Å². The molecule has 0 amide bonds. The number of para-hydroxylation sites is 1. The Morgan fingerprint density at radius 2 is 2.00 bits per heavy atom. The molecule has 0 saturated carbocycles. The number of hydrogen-bond acceptors (Lipinski definition) is 2. The minimum Gasteiger partial charge on any atom is -0.478 e. The summed E-state index contributed by atoms with van der Waals surface area (Å²) < 4.78 is 5.43. The lowest BCUT2D eigenvalue weighted by atomic mass is 10.3. The largest absolute Gasteiger partial charge is 0.478 e. The average molecular weight is 175 g/mol. The highest BCUT2D eigenvalue weighted by Gasteiger charge is 2.09. The monoisotopic (exact) mass is 175 g/mol. The Morgan fingerprint density at radius 1 is 1.23 bits per heavy atom. The van der Waals surface area contributed by atoms with Crippen molar-refractivity contribution in [3.8, 4) is 0 Å². The van der Waals surface area contributed by atoms with Crippen LogP contribution in [0.4, 0.5) is 5.69 Å². The van der Waals surface area contributed by atoms with E-state index in [0.29, 0.717) is 6.73 Å². The van der Waals surface area contributed by atoms with Crippen molar-refractivity contribution in [3.63, 3.8) is 0 Å². The van der Waals surface area contributed by atoms with E-state index in [2.05, 4.69) is 23.1 Å². The van der Waals surface area contributed by atoms with Gasteiger partial charge in [-0.1, -0.05) is 18.2 Å². The maximum atomic E-state index is 5.43. The number of rotatable bonds is 1. The first-order valence-corrected chi connectivity index (χ1v) is 4.46. The van der Waals surface area contributed by atoms with Crippen LogP contribution >= 0.6 is 0 Å². The molecule has 0 spiro atoms. The second-order valence-electron chi connectivity index (χ2n) is 3.15. The molecule has 0 atom stereocenters. The van der Waals surface area contributed by atoms with E-state index < -0.39 is 0 Å². The Morgan fingerprint density at radius 3 is 2.62 bits per heavy atom. The van der Waals surface area contributed by atoms with Gasteiger partial charge in [0.2, 0.25) is 0 Å². The molecule has 1 aliphatic heterocycles. The number of anilines is 1. The highest BCUT2D eigenvalue weighted by molar-refractivity contribution is 5.46. The summed E-state index contributed by atoms with van der Waals surface area (Å²) in [5.41, 5.74) is 1.21. The van der Waals surface area contributed by atoms with Crippen molar-refractivity contribution in [1.29, 1.82) is 0 Å². The fourth-order valence-corrected chi connectivity index (χ4v) is 1.35. The molecule has 1 aromatic rings. The predicted molar refractivity (Wildman–Crippen MR) is 53.5 cm³/mol. The van der Waals surface area contributed by atoms with Gasteiger partial charge in [-0.25, -0.2) is 0 Å². The molecule has 1 aromatic carbocycles. The molecule has 13 heavy (non-hydrogen) atoms. The van der Waals surface area contributed by atoms with Crippen LogP contribution < -0.4 is 4.90 Å². The molecule has 2 rings (SSSR count). The minimum absolute atomic E-state index is 0.659. The normalized spacial score (nSPS) is 16.4. The molecule has 0 fully saturated rings. The summed E-state index contributed by atoms with van der Waals surface area (Å²) in [5.74, 6) is 1.02. The molecule has 0 bridgehead atoms. The fourth-order valence-electron chi connectivity index (χ4n) is 1.35. The Balaban J connectivity index is 2.12. The van der Waals surface area contributed by atoms with Gasteiger partial charge in [0.05, 0.1) is 5.76 Å². The molecule has 0 saturated heterocycles. The van der Waals surface area contributed by atoms with Crippen molar-refractivity contribution >= 4 is 5.69 Å². The number of nitrogens with zero attached hydrogens (tertiary/aromatic N) is 1. The van der Waals surface area contributed by atoms with E-state index >= 15 is 0 Å². The molecule has 0 aliphatic carbocycles. The third-order valence-electron chi connectivity index (χ3n) is 2.17. The number of benzene rings is 1. The highest BCUT2D eigenvalue weighted by atomic mass is 16.5. The second-order valence-corrected chi connectivity index (χ2v) is 3.15. The Kier molecular flexibility index (Phi) is 2.21. The van der Waals surface area contributed by atoms with Gasteiger partial charge >= 0.3 is 0 Å². The summed E-state index contributed by atoms with van der Waals surface area (Å²) in [5, 5.41) is 0. The van der Waals surface area contributed by atoms with Crippen LogP contribution in [0.5, 0.6) is 0 Å². The standard InChI is InChI=1S/C11H13NO/c1-10-7-8-12(9-13-10)11-5-3-2-4-6-11/h2-7H,8-9H2,1H3. The number of hydrogen-bond donors (Lipinski definition) is 0. The summed E-state index contributed by atoms with van der Waals surface area (Å²) in [6.45, 7) is 3.59. The lowest BCUT2D eigenvalue weighted by Gasteiger charge is -2.27. The summed E-state index contributed by atoms with van der Waals surface area (Å²) in [7, 11) is 0. The minimum atomic E-state index is 0.659. The number of allylic oxidation sites excluding steroid dienone is 1. The summed E-state index contributed by atoms with van der Waals surface area (Å²) >= 11 is 0. The van der Waals surface area contributed by atoms with Gasteiger partial charge in [0.1, 0.15) is 0 Å². The van der Waals surface area contributed by atoms with Crippen molar-refractivity contribution < 1.29 is 4.74 Å². The van der Waals surface area contributed by atoms with Crippen molar-refractivity contribution in [2.24, 2.45) is 0 Å². The first kappa shape index (κ1) is 8.17. The number of ether oxygens (including phenoxy) is 1. The van der Waals surface area contributed by atoms with Gasteiger partial charge in [0.15, 0.2) is 6.73 Å². The molecule has 1 aliphatic rings. The molecular weight excluding hydrogens is 162 g/mol. The molecule has 1 heterocycles. The first-order chi connectivity index (χ1) is 6.36. The van der Waals surface area contributed by atoms with Gasteiger partial charge in [-0.15, -0.1) is 0 Å². The summed E-state index contributed by atoms with van der Waals surface area (Å²) in [6, 6.07) is 10.3. The molecule has 0 radical (unpaired) electrons. The smallest absolute Gasteiger partial charge is 0.161 e. The van der Waals surface area contributed by atoms with Crippen LogP contribution in [-0.4, -0.2) is 13.3 Å². The maximum absolute atomic E-state index is 5.43. The molecule has 2 heteroatoms. The lowest BCUT2D eigenvalue weighted by molar-refractivity contribution is 0.202. The van der Waals surface area contributed by atoms with Crippen molar-refractivity contribution in [1.82, 2.24) is 0 Å². The van der Waals surface area contributed by atoms with Crippen LogP contribution in [0, 0.1) is 0 Å². The average Bonchev–Trinajstić information content (AvgIpc) is 2.20. The topological polar surface area (TPSA) is 12.5 Å². The van der Waals surface area contributed by atoms with Crippen molar-refractivity contribution in [2.45, 2.75) is 6.92 Å². The van der Waals surface area contributed by atoms with Gasteiger partial charge in [-0.05, 0) is 25.1 Å². The van der Waals surface area contributed by atoms with Crippen LogP contribution in [0.3, 0.4) is 0 Å². The third kappa shape index (κ3) is 1.83. The summed E-state index contributed by atoms with van der Waals surface area (Å²) in [6.07, 6.45) is 2.09. The molecule has 68 valence electrons. The lowest BCUT2D eigenvalue weighted by Crippen LogP contribution is -2.29. The van der Waals surface area contributed by atoms with Gasteiger partial charge in [-0.2, -0.15) is 0 Å². The van der Waals surface area contributed by atoms with E-state index in [-0.39, 0.29) is 0 Å². The Labute approximate surface area is 78.4 Å². The fraction of sp³-hybridized carbons (Fsp3) is 0.273. The van der Waals surface area contributed by atoms with E-state index in [1.807, 2.05) is 25.1 Å². The van der Waals surface area contributed by atoms with Gasteiger partial charge in [0.25, 0.3) is 0 Å². The maximum Gasteiger partial charge on any atom is 0.161 e. The van der Waals surface area contributed by atoms with Crippen molar-refractivity contribution in [2.75, 3.05) is 18.2 Å². The first-order valence-electron chi connectivity index (χ1n) is 4.46. The molecular formula is C11H13NO. The van der Waals surface area contributed by atoms with Gasteiger partial charge < -0.3 is 9.64 Å². The third-order valence-corrected chi connectivity index (χ3v) is 2.17. The van der Waals surface area contributed by atoms with Crippen LogP contribution in [0.15, 0.2) is 42.2 Å². The molecule has 0 aromatic heterocycles. The zero-order valence-electron chi connectivity index (χ0n) is 7.73. The quantitative estimate of drug-likeness (QED) is 0.649. The Bertz CT molecular complexity index is 305. The SMILES string of the molecule is CC1=CCN(c2ccccc2)CO1. The van der Waals surface area contributed by atoms with Crippen LogP contribution in [-0.2, 0) is 4.74 Å². The van der Waals surface area contributed by atoms with E-state index in [0.717, 1.165) is 12.3 Å². The molecule has 0 unspecified atom stereocenters. The van der Waals surface area contributed by atoms with Gasteiger partial charge in [-0.3, -0.25) is 0 Å². The van der Waals surface area contributed by atoms with E-state index in [4.69, 9.17) is 4.74 Å². The van der Waals surface area contributed by atoms with Crippen LogP contribution in [0.1, 0.15) is 6.92 Å².